The zero-order valence-corrected chi connectivity index (χ0v) is 15.7. The lowest BCUT2D eigenvalue weighted by molar-refractivity contribution is -0.137. The lowest BCUT2D eigenvalue weighted by Gasteiger charge is -2.12. The molecule has 0 aromatic heterocycles. The number of benzene rings is 2. The van der Waals surface area contributed by atoms with Crippen molar-refractivity contribution in [2.45, 2.75) is 13.1 Å². The van der Waals surface area contributed by atoms with Gasteiger partial charge in [-0.3, -0.25) is 4.79 Å². The maximum Gasteiger partial charge on any atom is 0.417 e. The smallest absolute Gasteiger partial charge is 0.356 e. The molecule has 0 saturated heterocycles. The summed E-state index contributed by atoms with van der Waals surface area (Å²) in [6, 6.07) is 9.02. The average molecular weight is 412 g/mol. The summed E-state index contributed by atoms with van der Waals surface area (Å²) in [5, 5.41) is 6.88. The number of urea groups is 1. The molecule has 0 heterocycles. The Morgan fingerprint density at radius 2 is 1.57 bits per heavy atom. The van der Waals surface area contributed by atoms with Crippen molar-refractivity contribution in [3.05, 3.63) is 64.7 Å². The van der Waals surface area contributed by atoms with Crippen molar-refractivity contribution >= 4 is 40.5 Å². The van der Waals surface area contributed by atoms with E-state index in [0.717, 1.165) is 23.3 Å². The summed E-state index contributed by atoms with van der Waals surface area (Å²) in [7, 11) is 1.52. The average Bonchev–Trinajstić information content (AvgIpc) is 2.62. The molecule has 2 aromatic carbocycles. The lowest BCUT2D eigenvalue weighted by Crippen LogP contribution is -2.20. The topological polar surface area (TPSA) is 70.2 Å². The van der Waals surface area contributed by atoms with Crippen molar-refractivity contribution in [3.63, 3.8) is 0 Å². The molecule has 0 aliphatic heterocycles. The highest BCUT2D eigenvalue weighted by Gasteiger charge is 2.33. The predicted molar refractivity (Wildman–Crippen MR) is 103 cm³/mol. The fourth-order valence-electron chi connectivity index (χ4n) is 2.28. The molecular formula is C19H17ClF3N3O2. The Labute approximate surface area is 164 Å². The van der Waals surface area contributed by atoms with E-state index < -0.39 is 22.8 Å². The standard InChI is InChI=1S/C19H17ClF3N3O2/c1-11(9-17(27)24-2)12-3-5-13(6-4-12)25-18(28)26-14-7-8-16(20)15(10-14)19(21,22)23/h3-10H,1-2H3,(H,24,27)(H2,25,26,28)/b11-9+. The van der Waals surface area contributed by atoms with E-state index in [0.29, 0.717) is 5.69 Å². The van der Waals surface area contributed by atoms with Gasteiger partial charge in [-0.25, -0.2) is 4.79 Å². The maximum atomic E-state index is 12.9. The third-order valence-corrected chi connectivity index (χ3v) is 4.05. The molecule has 0 radical (unpaired) electrons. The summed E-state index contributed by atoms with van der Waals surface area (Å²) < 4.78 is 38.6. The fraction of sp³-hybridized carbons (Fsp3) is 0.158. The van der Waals surface area contributed by atoms with Crippen LogP contribution in [0.1, 0.15) is 18.1 Å². The number of hydrogen-bond donors (Lipinski definition) is 3. The summed E-state index contributed by atoms with van der Waals surface area (Å²) in [5.41, 5.74) is 0.863. The van der Waals surface area contributed by atoms with E-state index in [1.165, 1.54) is 19.2 Å². The van der Waals surface area contributed by atoms with Gasteiger partial charge in [0.25, 0.3) is 0 Å². The largest absolute Gasteiger partial charge is 0.417 e. The second kappa shape index (κ2) is 8.79. The van der Waals surface area contributed by atoms with Gasteiger partial charge < -0.3 is 16.0 Å². The first-order chi connectivity index (χ1) is 13.1. The van der Waals surface area contributed by atoms with Crippen molar-refractivity contribution in [1.29, 1.82) is 0 Å². The van der Waals surface area contributed by atoms with Crippen LogP contribution in [0.2, 0.25) is 5.02 Å². The third-order valence-electron chi connectivity index (χ3n) is 3.72. The minimum atomic E-state index is -4.62. The van der Waals surface area contributed by atoms with Crippen LogP contribution >= 0.6 is 11.6 Å². The van der Waals surface area contributed by atoms with Gasteiger partial charge in [-0.1, -0.05) is 23.7 Å². The van der Waals surface area contributed by atoms with E-state index in [4.69, 9.17) is 11.6 Å². The molecule has 0 fully saturated rings. The van der Waals surface area contributed by atoms with E-state index in [9.17, 15) is 22.8 Å². The second-order valence-corrected chi connectivity index (χ2v) is 6.20. The minimum Gasteiger partial charge on any atom is -0.356 e. The summed E-state index contributed by atoms with van der Waals surface area (Å²) in [4.78, 5) is 23.4. The van der Waals surface area contributed by atoms with Crippen LogP contribution in [0.5, 0.6) is 0 Å². The van der Waals surface area contributed by atoms with Gasteiger partial charge in [0.1, 0.15) is 0 Å². The molecular weight excluding hydrogens is 395 g/mol. The predicted octanol–water partition coefficient (Wildman–Crippen LogP) is 5.15. The third kappa shape index (κ3) is 5.75. The van der Waals surface area contributed by atoms with Crippen LogP contribution in [0, 0.1) is 0 Å². The van der Waals surface area contributed by atoms with Gasteiger partial charge in [-0.15, -0.1) is 0 Å². The first kappa shape index (κ1) is 21.3. The molecule has 0 spiro atoms. The zero-order valence-electron chi connectivity index (χ0n) is 14.9. The number of hydrogen-bond acceptors (Lipinski definition) is 2. The summed E-state index contributed by atoms with van der Waals surface area (Å²) >= 11 is 5.55. The first-order valence-corrected chi connectivity index (χ1v) is 8.43. The molecule has 0 bridgehead atoms. The highest BCUT2D eigenvalue weighted by atomic mass is 35.5. The van der Waals surface area contributed by atoms with Crippen molar-refractivity contribution in [3.8, 4) is 0 Å². The number of nitrogens with one attached hydrogen (secondary N) is 3. The molecule has 9 heteroatoms. The first-order valence-electron chi connectivity index (χ1n) is 8.05. The van der Waals surface area contributed by atoms with Crippen LogP contribution in [0.3, 0.4) is 0 Å². The van der Waals surface area contributed by atoms with Crippen LogP contribution < -0.4 is 16.0 Å². The quantitative estimate of drug-likeness (QED) is 0.609. The Morgan fingerprint density at radius 1 is 1.00 bits per heavy atom. The van der Waals surface area contributed by atoms with Crippen molar-refractivity contribution in [1.82, 2.24) is 5.32 Å². The number of carbonyl (C=O) groups is 2. The highest BCUT2D eigenvalue weighted by molar-refractivity contribution is 6.31. The zero-order chi connectivity index (χ0) is 20.9. The van der Waals surface area contributed by atoms with Crippen LogP contribution in [0.15, 0.2) is 48.5 Å². The number of alkyl halides is 3. The molecule has 3 N–H and O–H groups in total. The number of carbonyl (C=O) groups excluding carboxylic acids is 2. The van der Waals surface area contributed by atoms with Crippen LogP contribution in [-0.2, 0) is 11.0 Å². The fourth-order valence-corrected chi connectivity index (χ4v) is 2.51. The van der Waals surface area contributed by atoms with E-state index in [2.05, 4.69) is 16.0 Å². The van der Waals surface area contributed by atoms with Crippen LogP contribution in [0.25, 0.3) is 5.57 Å². The molecule has 0 unspecified atom stereocenters. The highest BCUT2D eigenvalue weighted by Crippen LogP contribution is 2.36. The monoisotopic (exact) mass is 411 g/mol. The van der Waals surface area contributed by atoms with Gasteiger partial charge in [0.2, 0.25) is 5.91 Å². The van der Waals surface area contributed by atoms with E-state index in [1.807, 2.05) is 0 Å². The van der Waals surface area contributed by atoms with Crippen LogP contribution in [0.4, 0.5) is 29.3 Å². The molecule has 3 amide bonds. The Hall–Kier alpha value is -3.00. The normalized spacial score (nSPS) is 11.7. The Morgan fingerprint density at radius 3 is 2.14 bits per heavy atom. The van der Waals surface area contributed by atoms with E-state index in [-0.39, 0.29) is 11.6 Å². The maximum absolute atomic E-state index is 12.9. The van der Waals surface area contributed by atoms with Crippen LogP contribution in [-0.4, -0.2) is 19.0 Å². The summed E-state index contributed by atoms with van der Waals surface area (Å²) in [6.45, 7) is 1.77. The van der Waals surface area contributed by atoms with Gasteiger partial charge in [-0.2, -0.15) is 13.2 Å². The van der Waals surface area contributed by atoms with Gasteiger partial charge in [0, 0.05) is 24.5 Å². The molecule has 0 aliphatic carbocycles. The van der Waals surface area contributed by atoms with E-state index in [1.54, 1.807) is 31.2 Å². The minimum absolute atomic E-state index is 0.0461. The van der Waals surface area contributed by atoms with Gasteiger partial charge in [0.15, 0.2) is 0 Å². The second-order valence-electron chi connectivity index (χ2n) is 5.79. The molecule has 0 atom stereocenters. The molecule has 0 aliphatic rings. The molecule has 5 nitrogen and oxygen atoms in total. The summed E-state index contributed by atoms with van der Waals surface area (Å²) in [6.07, 6.45) is -3.19. The van der Waals surface area contributed by atoms with Crippen molar-refractivity contribution in [2.75, 3.05) is 17.7 Å². The number of amides is 3. The molecule has 0 saturated carbocycles. The Kier molecular flexibility index (Phi) is 6.69. The number of likely N-dealkylation sites (N-methyl/N-ethyl adjacent to an activating group) is 1. The van der Waals surface area contributed by atoms with Gasteiger partial charge in [0.05, 0.1) is 10.6 Å². The van der Waals surface area contributed by atoms with Crippen molar-refractivity contribution in [2.24, 2.45) is 0 Å². The number of rotatable bonds is 4. The number of halogens is 4. The molecule has 2 rings (SSSR count). The SMILES string of the molecule is CNC(=O)/C=C(\C)c1ccc(NC(=O)Nc2ccc(Cl)c(C(F)(F)F)c2)cc1. The van der Waals surface area contributed by atoms with Gasteiger partial charge in [-0.05, 0) is 48.4 Å². The van der Waals surface area contributed by atoms with Crippen molar-refractivity contribution < 1.29 is 22.8 Å². The van der Waals surface area contributed by atoms with Gasteiger partial charge >= 0.3 is 12.2 Å². The molecule has 148 valence electrons. The number of allylic oxidation sites excluding steroid dienone is 1. The lowest BCUT2D eigenvalue weighted by atomic mass is 10.1. The Balaban J connectivity index is 2.06. The molecule has 2 aromatic rings. The van der Waals surface area contributed by atoms with E-state index >= 15 is 0 Å². The number of anilines is 2. The summed E-state index contributed by atoms with van der Waals surface area (Å²) in [5.74, 6) is -0.236. The molecule has 28 heavy (non-hydrogen) atoms. The Bertz CT molecular complexity index is 910.